The fourth-order valence-electron chi connectivity index (χ4n) is 3.18. The van der Waals surface area contributed by atoms with Crippen LogP contribution in [0.5, 0.6) is 0 Å². The second kappa shape index (κ2) is 9.80. The Bertz CT molecular complexity index is 651. The molecule has 0 spiro atoms. The summed E-state index contributed by atoms with van der Waals surface area (Å²) in [6.45, 7) is 4.54. The molecule has 0 aliphatic carbocycles. The number of piperidine rings is 1. The number of alkyl halides is 6. The molecule has 1 atom stereocenters. The standard InChI is InChI=1S/C19H25F6N3O/c1-13(26-5-8-28-6-3-2-4-7-28)17(29)27-12-14-9-15(18(20,21)22)11-16(10-14)19(23,24)25/h9-11,13,26H,2-8,12H2,1H3,(H,27,29)/t13-/m0/s1. The summed E-state index contributed by atoms with van der Waals surface area (Å²) in [7, 11) is 0. The average molecular weight is 425 g/mol. The third-order valence-corrected chi connectivity index (χ3v) is 4.83. The van der Waals surface area contributed by atoms with Crippen molar-refractivity contribution >= 4 is 5.91 Å². The van der Waals surface area contributed by atoms with Crippen LogP contribution in [-0.2, 0) is 23.7 Å². The zero-order chi connectivity index (χ0) is 21.7. The van der Waals surface area contributed by atoms with Crippen LogP contribution < -0.4 is 10.6 Å². The van der Waals surface area contributed by atoms with Gasteiger partial charge >= 0.3 is 12.4 Å². The minimum absolute atomic E-state index is 0.0656. The van der Waals surface area contributed by atoms with Crippen molar-refractivity contribution in [2.24, 2.45) is 0 Å². The molecule has 164 valence electrons. The van der Waals surface area contributed by atoms with E-state index in [2.05, 4.69) is 15.5 Å². The van der Waals surface area contributed by atoms with Gasteiger partial charge in [0.1, 0.15) is 0 Å². The van der Waals surface area contributed by atoms with Crippen LogP contribution in [0.25, 0.3) is 0 Å². The van der Waals surface area contributed by atoms with E-state index in [9.17, 15) is 31.1 Å². The number of halogens is 6. The Morgan fingerprint density at radius 2 is 1.55 bits per heavy atom. The van der Waals surface area contributed by atoms with Crippen molar-refractivity contribution in [2.75, 3.05) is 26.2 Å². The first-order valence-electron chi connectivity index (χ1n) is 9.48. The van der Waals surface area contributed by atoms with Gasteiger partial charge in [-0.25, -0.2) is 0 Å². The molecule has 1 amide bonds. The van der Waals surface area contributed by atoms with Gasteiger partial charge < -0.3 is 15.5 Å². The number of carbonyl (C=O) groups is 1. The number of carbonyl (C=O) groups excluding carboxylic acids is 1. The van der Waals surface area contributed by atoms with Gasteiger partial charge in [0.2, 0.25) is 5.91 Å². The van der Waals surface area contributed by atoms with Crippen molar-refractivity contribution in [3.8, 4) is 0 Å². The lowest BCUT2D eigenvalue weighted by molar-refractivity contribution is -0.143. The maximum absolute atomic E-state index is 12.9. The van der Waals surface area contributed by atoms with E-state index in [-0.39, 0.29) is 11.6 Å². The van der Waals surface area contributed by atoms with Crippen molar-refractivity contribution in [1.29, 1.82) is 0 Å². The van der Waals surface area contributed by atoms with Crippen LogP contribution in [0.2, 0.25) is 0 Å². The van der Waals surface area contributed by atoms with Crippen molar-refractivity contribution in [1.82, 2.24) is 15.5 Å². The quantitative estimate of drug-likeness (QED) is 0.654. The first-order chi connectivity index (χ1) is 13.5. The lowest BCUT2D eigenvalue weighted by Gasteiger charge is -2.27. The molecule has 1 aromatic carbocycles. The van der Waals surface area contributed by atoms with E-state index in [1.165, 1.54) is 6.42 Å². The summed E-state index contributed by atoms with van der Waals surface area (Å²) in [6, 6.07) is 0.678. The first-order valence-corrected chi connectivity index (χ1v) is 9.48. The molecular weight excluding hydrogens is 400 g/mol. The van der Waals surface area contributed by atoms with Crippen LogP contribution in [0.1, 0.15) is 42.9 Å². The fraction of sp³-hybridized carbons (Fsp3) is 0.632. The molecule has 0 saturated carbocycles. The summed E-state index contributed by atoms with van der Waals surface area (Å²) >= 11 is 0. The monoisotopic (exact) mass is 425 g/mol. The Labute approximate surface area is 165 Å². The lowest BCUT2D eigenvalue weighted by atomic mass is 10.0. The van der Waals surface area contributed by atoms with Gasteiger partial charge in [0, 0.05) is 19.6 Å². The van der Waals surface area contributed by atoms with Crippen LogP contribution in [0.3, 0.4) is 0 Å². The number of rotatable bonds is 7. The number of nitrogens with zero attached hydrogens (tertiary/aromatic N) is 1. The molecule has 4 nitrogen and oxygen atoms in total. The maximum atomic E-state index is 12.9. The van der Waals surface area contributed by atoms with E-state index in [0.717, 1.165) is 32.5 Å². The van der Waals surface area contributed by atoms with Gasteiger partial charge in [-0.05, 0) is 56.6 Å². The molecule has 29 heavy (non-hydrogen) atoms. The van der Waals surface area contributed by atoms with Crippen molar-refractivity contribution in [3.05, 3.63) is 34.9 Å². The largest absolute Gasteiger partial charge is 0.416 e. The molecule has 1 aliphatic heterocycles. The normalized spacial score (nSPS) is 17.2. The van der Waals surface area contributed by atoms with E-state index >= 15 is 0 Å². The number of likely N-dealkylation sites (tertiary alicyclic amines) is 1. The number of hydrogen-bond donors (Lipinski definition) is 2. The lowest BCUT2D eigenvalue weighted by Crippen LogP contribution is -2.45. The van der Waals surface area contributed by atoms with E-state index in [0.29, 0.717) is 18.7 Å². The summed E-state index contributed by atoms with van der Waals surface area (Å²) in [4.78, 5) is 14.4. The Kier molecular flexibility index (Phi) is 7.93. The zero-order valence-electron chi connectivity index (χ0n) is 16.1. The van der Waals surface area contributed by atoms with E-state index in [1.54, 1.807) is 6.92 Å². The molecule has 0 radical (unpaired) electrons. The predicted octanol–water partition coefficient (Wildman–Crippen LogP) is 3.80. The molecule has 1 aliphatic rings. The molecule has 1 saturated heterocycles. The Hall–Kier alpha value is -1.81. The van der Waals surface area contributed by atoms with Gasteiger partial charge in [0.05, 0.1) is 17.2 Å². The molecule has 0 unspecified atom stereocenters. The molecule has 2 N–H and O–H groups in total. The topological polar surface area (TPSA) is 44.4 Å². The van der Waals surface area contributed by atoms with Crippen LogP contribution in [0.15, 0.2) is 18.2 Å². The number of amides is 1. The van der Waals surface area contributed by atoms with Gasteiger partial charge in [-0.15, -0.1) is 0 Å². The summed E-state index contributed by atoms with van der Waals surface area (Å²) < 4.78 is 77.3. The Balaban J connectivity index is 1.91. The molecule has 0 bridgehead atoms. The second-order valence-corrected chi connectivity index (χ2v) is 7.21. The van der Waals surface area contributed by atoms with Crippen molar-refractivity contribution in [2.45, 2.75) is 51.1 Å². The van der Waals surface area contributed by atoms with Gasteiger partial charge in [0.15, 0.2) is 0 Å². The van der Waals surface area contributed by atoms with Gasteiger partial charge in [-0.2, -0.15) is 26.3 Å². The summed E-state index contributed by atoms with van der Waals surface area (Å²) in [6.07, 6.45) is -6.32. The molecule has 1 aromatic rings. The van der Waals surface area contributed by atoms with Crippen molar-refractivity contribution in [3.63, 3.8) is 0 Å². The zero-order valence-corrected chi connectivity index (χ0v) is 16.1. The van der Waals surface area contributed by atoms with E-state index in [1.807, 2.05) is 0 Å². The van der Waals surface area contributed by atoms with E-state index in [4.69, 9.17) is 0 Å². The van der Waals surface area contributed by atoms with Crippen molar-refractivity contribution < 1.29 is 31.1 Å². The number of nitrogens with one attached hydrogen (secondary N) is 2. The number of benzene rings is 1. The SMILES string of the molecule is C[C@H](NCCN1CCCCC1)C(=O)NCc1cc(C(F)(F)F)cc(C(F)(F)F)c1. The predicted molar refractivity (Wildman–Crippen MR) is 96.0 cm³/mol. The smallest absolute Gasteiger partial charge is 0.351 e. The van der Waals surface area contributed by atoms with Crippen LogP contribution in [-0.4, -0.2) is 43.0 Å². The van der Waals surface area contributed by atoms with E-state index < -0.39 is 42.0 Å². The fourth-order valence-corrected chi connectivity index (χ4v) is 3.18. The molecule has 1 heterocycles. The number of hydrogen-bond acceptors (Lipinski definition) is 3. The molecule has 10 heteroatoms. The molecular formula is C19H25F6N3O. The Morgan fingerprint density at radius 1 is 1.00 bits per heavy atom. The third-order valence-electron chi connectivity index (χ3n) is 4.83. The summed E-state index contributed by atoms with van der Waals surface area (Å²) in [5, 5.41) is 5.42. The van der Waals surface area contributed by atoms with Crippen LogP contribution in [0, 0.1) is 0 Å². The third kappa shape index (κ3) is 7.50. The highest BCUT2D eigenvalue weighted by atomic mass is 19.4. The summed E-state index contributed by atoms with van der Waals surface area (Å²) in [5.74, 6) is -0.491. The minimum atomic E-state index is -4.91. The maximum Gasteiger partial charge on any atom is 0.416 e. The van der Waals surface area contributed by atoms with Crippen LogP contribution in [0.4, 0.5) is 26.3 Å². The highest BCUT2D eigenvalue weighted by Gasteiger charge is 2.36. The van der Waals surface area contributed by atoms with Gasteiger partial charge in [-0.1, -0.05) is 6.42 Å². The first kappa shape index (κ1) is 23.5. The van der Waals surface area contributed by atoms with Gasteiger partial charge in [0.25, 0.3) is 0 Å². The van der Waals surface area contributed by atoms with Crippen LogP contribution >= 0.6 is 0 Å². The molecule has 0 aromatic heterocycles. The highest BCUT2D eigenvalue weighted by molar-refractivity contribution is 5.81. The summed E-state index contributed by atoms with van der Waals surface area (Å²) in [5.41, 5.74) is -3.06. The highest BCUT2D eigenvalue weighted by Crippen LogP contribution is 2.36. The Morgan fingerprint density at radius 3 is 2.07 bits per heavy atom. The average Bonchev–Trinajstić information content (AvgIpc) is 2.65. The molecule has 2 rings (SSSR count). The molecule has 1 fully saturated rings. The van der Waals surface area contributed by atoms with Gasteiger partial charge in [-0.3, -0.25) is 4.79 Å². The second-order valence-electron chi connectivity index (χ2n) is 7.21. The minimum Gasteiger partial charge on any atom is -0.351 e.